The van der Waals surface area contributed by atoms with Gasteiger partial charge in [-0.3, -0.25) is 4.99 Å². The van der Waals surface area contributed by atoms with Crippen molar-refractivity contribution in [3.63, 3.8) is 0 Å². The second-order valence-corrected chi connectivity index (χ2v) is 19.2. The monoisotopic (exact) mass is 924 g/mol. The van der Waals surface area contributed by atoms with Gasteiger partial charge in [-0.05, 0) is 96.2 Å². The topological polar surface area (TPSA) is 48.6 Å². The normalized spacial score (nSPS) is 22.3. The third-order valence-electron chi connectivity index (χ3n) is 13.0. The first kappa shape index (κ1) is 36.2. The number of pyridine rings is 1. The summed E-state index contributed by atoms with van der Waals surface area (Å²) in [5, 5.41) is 2.32. The van der Waals surface area contributed by atoms with Crippen LogP contribution in [0.1, 0.15) is 134 Å². The Hall–Kier alpha value is -4.21. The summed E-state index contributed by atoms with van der Waals surface area (Å²) in [7, 11) is 0. The molecule has 1 aliphatic carbocycles. The van der Waals surface area contributed by atoms with Gasteiger partial charge >= 0.3 is 21.1 Å². The van der Waals surface area contributed by atoms with Gasteiger partial charge in [-0.15, -0.1) is 28.6 Å². The summed E-state index contributed by atoms with van der Waals surface area (Å²) >= 11 is 0. The number of nitrogens with zero attached hydrogens (tertiary/aromatic N) is 3. The molecule has 0 fully saturated rings. The van der Waals surface area contributed by atoms with E-state index < -0.39 is 17.5 Å². The van der Waals surface area contributed by atoms with Gasteiger partial charge in [0.15, 0.2) is 0 Å². The second kappa shape index (κ2) is 12.4. The van der Waals surface area contributed by atoms with E-state index in [0.29, 0.717) is 23.0 Å². The van der Waals surface area contributed by atoms with Crippen molar-refractivity contribution < 1.29 is 33.3 Å². The molecule has 6 aromatic rings. The summed E-state index contributed by atoms with van der Waals surface area (Å²) in [6.45, 7) is 28.2. The van der Waals surface area contributed by atoms with E-state index in [-0.39, 0.29) is 43.7 Å². The molecule has 2 atom stereocenters. The summed E-state index contributed by atoms with van der Waals surface area (Å²) in [6.07, 6.45) is 0.478. The van der Waals surface area contributed by atoms with Gasteiger partial charge in [-0.2, -0.15) is 6.07 Å². The molecule has 0 saturated carbocycles. The molecule has 2 aromatic heterocycles. The second-order valence-electron chi connectivity index (χ2n) is 19.2. The first-order valence-corrected chi connectivity index (χ1v) is 19.6. The van der Waals surface area contributed by atoms with Crippen molar-refractivity contribution in [3.8, 4) is 17.3 Å². The average Bonchev–Trinajstić information content (AvgIpc) is 3.57. The SMILES string of the molecule is [2H]C1([2H])C[C@]2(C)OC(c3[c-]c(Oc4[c-]c5c(cc4C)c4cc(C(C)(C)C)cc6c4n5-c4ncccc4C6(C)C)cc(C(C)(C)C)c3)=N[C@]2(C)c2ccc(C)c(C)c21.[Pt+2]. The first-order chi connectivity index (χ1) is 26.4. The molecular formula is C50H53N3O2Pt. The molecule has 0 radical (unpaired) electrons. The van der Waals surface area contributed by atoms with Crippen LogP contribution in [0, 0.1) is 32.9 Å². The van der Waals surface area contributed by atoms with Crippen LogP contribution >= 0.6 is 0 Å². The number of rotatable bonds is 3. The van der Waals surface area contributed by atoms with Gasteiger partial charge < -0.3 is 14.0 Å². The number of ether oxygens (including phenoxy) is 2. The van der Waals surface area contributed by atoms with Crippen LogP contribution in [0.15, 0.2) is 65.8 Å². The van der Waals surface area contributed by atoms with Gasteiger partial charge in [-0.1, -0.05) is 116 Å². The molecule has 3 aliphatic rings. The van der Waals surface area contributed by atoms with E-state index in [0.717, 1.165) is 50.1 Å². The van der Waals surface area contributed by atoms with Crippen molar-refractivity contribution >= 4 is 27.7 Å². The zero-order chi connectivity index (χ0) is 41.0. The molecule has 9 rings (SSSR count). The van der Waals surface area contributed by atoms with Gasteiger partial charge in [0.1, 0.15) is 22.9 Å². The molecule has 2 aliphatic heterocycles. The van der Waals surface area contributed by atoms with Crippen LogP contribution in [0.3, 0.4) is 0 Å². The van der Waals surface area contributed by atoms with Crippen molar-refractivity contribution in [1.82, 2.24) is 9.55 Å². The van der Waals surface area contributed by atoms with Crippen LogP contribution in [-0.4, -0.2) is 21.0 Å². The summed E-state index contributed by atoms with van der Waals surface area (Å²) < 4.78 is 34.4. The number of hydrogen-bond acceptors (Lipinski definition) is 4. The molecule has 56 heavy (non-hydrogen) atoms. The minimum absolute atomic E-state index is 0. The predicted molar refractivity (Wildman–Crippen MR) is 225 cm³/mol. The first-order valence-electron chi connectivity index (χ1n) is 20.6. The number of benzene rings is 4. The van der Waals surface area contributed by atoms with Gasteiger partial charge in [0.05, 0.1) is 0 Å². The molecule has 0 spiro atoms. The van der Waals surface area contributed by atoms with Crippen LogP contribution in [0.5, 0.6) is 11.5 Å². The van der Waals surface area contributed by atoms with Crippen LogP contribution in [0.2, 0.25) is 0 Å². The number of fused-ring (bicyclic) bond motifs is 8. The largest absolute Gasteiger partial charge is 2.00 e. The van der Waals surface area contributed by atoms with Crippen LogP contribution in [0.4, 0.5) is 0 Å². The maximum Gasteiger partial charge on any atom is 2.00 e. The van der Waals surface area contributed by atoms with E-state index in [1.54, 1.807) is 0 Å². The van der Waals surface area contributed by atoms with E-state index in [4.69, 9.17) is 19.5 Å². The van der Waals surface area contributed by atoms with E-state index in [1.165, 1.54) is 27.6 Å². The zero-order valence-electron chi connectivity index (χ0n) is 37.0. The molecular weight excluding hydrogens is 870 g/mol. The Balaban J connectivity index is 0.00000469. The van der Waals surface area contributed by atoms with E-state index in [1.807, 2.05) is 39.1 Å². The van der Waals surface area contributed by atoms with Crippen molar-refractivity contribution in [2.75, 3.05) is 0 Å². The number of hydrogen-bond donors (Lipinski definition) is 0. The third-order valence-corrected chi connectivity index (χ3v) is 13.0. The Bertz CT molecular complexity index is 2770. The van der Waals surface area contributed by atoms with Gasteiger partial charge in [0.2, 0.25) is 0 Å². The smallest absolute Gasteiger partial charge is 0.511 e. The van der Waals surface area contributed by atoms with Gasteiger partial charge in [-0.25, -0.2) is 4.98 Å². The minimum Gasteiger partial charge on any atom is -0.511 e. The van der Waals surface area contributed by atoms with Gasteiger partial charge in [0, 0.05) is 36.9 Å². The Morgan fingerprint density at radius 2 is 1.54 bits per heavy atom. The Kier molecular flexibility index (Phi) is 8.00. The van der Waals surface area contributed by atoms with Crippen molar-refractivity contribution in [2.24, 2.45) is 4.99 Å². The van der Waals surface area contributed by atoms with Crippen LogP contribution in [-0.2, 0) is 54.0 Å². The maximum absolute atomic E-state index is 9.21. The van der Waals surface area contributed by atoms with Crippen LogP contribution < -0.4 is 4.74 Å². The Labute approximate surface area is 350 Å². The minimum atomic E-state index is -1.58. The number of aryl methyl sites for hydroxylation is 2. The molecule has 5 nitrogen and oxygen atoms in total. The maximum atomic E-state index is 9.21. The molecule has 0 N–H and O–H groups in total. The predicted octanol–water partition coefficient (Wildman–Crippen LogP) is 12.1. The van der Waals surface area contributed by atoms with E-state index in [2.05, 4.69) is 128 Å². The third kappa shape index (κ3) is 5.50. The molecule has 4 heterocycles. The molecule has 0 saturated heterocycles. The Morgan fingerprint density at radius 1 is 0.821 bits per heavy atom. The fourth-order valence-electron chi connectivity index (χ4n) is 8.92. The standard InChI is InChI=1S/C50H53N3O2.Pt/c1-28-16-17-38-35(30(28)3)18-19-49(12)50(38,13)52-45(55-49)31-22-32(46(4,5)6)24-34(23-31)54-42-27-41-36(21-29(42)2)37-25-33(47(7,8)9)26-40-43(37)53(41)44-39(48(40,10)11)15-14-20-51-44;/h14-17,20-22,24-26H,18-19H2,1-13H3;/q-2;+2/t49-,50+;/m0./s1/i18D2;. The van der Waals surface area contributed by atoms with Crippen molar-refractivity contribution in [3.05, 3.63) is 129 Å². The fourth-order valence-corrected chi connectivity index (χ4v) is 8.92. The van der Waals surface area contributed by atoms with Crippen molar-refractivity contribution in [2.45, 2.75) is 130 Å². The molecule has 4 aromatic carbocycles. The summed E-state index contributed by atoms with van der Waals surface area (Å²) in [4.78, 5) is 10.3. The molecule has 0 amide bonds. The van der Waals surface area contributed by atoms with Gasteiger partial charge in [0.25, 0.3) is 0 Å². The van der Waals surface area contributed by atoms with Crippen molar-refractivity contribution in [1.29, 1.82) is 0 Å². The summed E-state index contributed by atoms with van der Waals surface area (Å²) in [5.41, 5.74) is 9.98. The molecule has 290 valence electrons. The number of aliphatic imine (C=N–C) groups is 1. The Morgan fingerprint density at radius 3 is 2.25 bits per heavy atom. The molecule has 0 unspecified atom stereocenters. The van der Waals surface area contributed by atoms with E-state index >= 15 is 0 Å². The fraction of sp³-hybridized carbons (Fsp3) is 0.400. The molecule has 0 bridgehead atoms. The molecule has 6 heteroatoms. The summed E-state index contributed by atoms with van der Waals surface area (Å²) in [6, 6.07) is 26.8. The van der Waals surface area contributed by atoms with E-state index in [9.17, 15) is 2.74 Å². The van der Waals surface area contributed by atoms with Crippen LogP contribution in [0.25, 0.3) is 27.6 Å². The summed E-state index contributed by atoms with van der Waals surface area (Å²) in [5.74, 6) is 2.53. The zero-order valence-corrected chi connectivity index (χ0v) is 37.2. The number of aromatic nitrogens is 2. The quantitative estimate of drug-likeness (QED) is 0.166. The average molecular weight is 925 g/mol.